The molecule has 150 valence electrons. The molecule has 0 radical (unpaired) electrons. The Balaban J connectivity index is 2.05. The predicted molar refractivity (Wildman–Crippen MR) is 125 cm³/mol. The maximum absolute atomic E-state index is 11.6. The Hall–Kier alpha value is -2.44. The van der Waals surface area contributed by atoms with Crippen LogP contribution in [0.5, 0.6) is 5.75 Å². The molecule has 0 aliphatic carbocycles. The fourth-order valence-electron chi connectivity index (χ4n) is 3.35. The molecule has 3 aromatic carbocycles. The van der Waals surface area contributed by atoms with Crippen LogP contribution in [0.2, 0.25) is 0 Å². The van der Waals surface area contributed by atoms with Crippen LogP contribution < -0.4 is 15.3 Å². The highest BCUT2D eigenvalue weighted by Gasteiger charge is 2.23. The van der Waals surface area contributed by atoms with Gasteiger partial charge in [0.25, 0.3) is 0 Å². The van der Waals surface area contributed by atoms with Crippen molar-refractivity contribution >= 4 is 25.5 Å². The molecule has 0 spiro atoms. The summed E-state index contributed by atoms with van der Waals surface area (Å²) in [6.07, 6.45) is 0.959. The molecule has 1 unspecified atom stereocenters. The van der Waals surface area contributed by atoms with Gasteiger partial charge in [-0.2, -0.15) is 0 Å². The Morgan fingerprint density at radius 2 is 1.62 bits per heavy atom. The van der Waals surface area contributed by atoms with E-state index in [1.807, 2.05) is 31.2 Å². The quantitative estimate of drug-likeness (QED) is 0.394. The minimum atomic E-state index is -0.0436. The first kappa shape index (κ1) is 21.3. The Bertz CT molecular complexity index is 1000. The summed E-state index contributed by atoms with van der Waals surface area (Å²) < 4.78 is 6.42. The molecule has 0 fully saturated rings. The molecule has 0 N–H and O–H groups in total. The molecule has 0 bridgehead atoms. The molecular weight excluding hydrogens is 375 g/mol. The van der Waals surface area contributed by atoms with E-state index in [1.165, 1.54) is 11.1 Å². The van der Waals surface area contributed by atoms with Crippen LogP contribution in [0.25, 0.3) is 0 Å². The fourth-order valence-corrected chi connectivity index (χ4v) is 4.70. The number of benzene rings is 3. The molecule has 1 atom stereocenters. The molecule has 29 heavy (non-hydrogen) atoms. The standard InChI is InChI=1S/C26H29O2P/c1-18-11-12-23(21(13-18)16-27)29-24-15-19(2)14-22(26(3,4)5)25(24)28-17-20-9-7-6-8-10-20/h6-16,29H,17H2,1-5H3. The largest absolute Gasteiger partial charge is 0.488 e. The van der Waals surface area contributed by atoms with Crippen LogP contribution in [0.15, 0.2) is 60.7 Å². The van der Waals surface area contributed by atoms with Gasteiger partial charge >= 0.3 is 0 Å². The van der Waals surface area contributed by atoms with Crippen LogP contribution in [0, 0.1) is 13.8 Å². The van der Waals surface area contributed by atoms with E-state index < -0.39 is 0 Å². The molecular formula is C26H29O2P. The van der Waals surface area contributed by atoms with Crippen LogP contribution >= 0.6 is 8.58 Å². The van der Waals surface area contributed by atoms with E-state index in [-0.39, 0.29) is 5.41 Å². The van der Waals surface area contributed by atoms with Crippen molar-refractivity contribution in [3.8, 4) is 5.75 Å². The normalized spacial score (nSPS) is 11.8. The molecule has 3 rings (SSSR count). The zero-order chi connectivity index (χ0) is 21.0. The molecule has 0 saturated heterocycles. The first-order valence-corrected chi connectivity index (χ1v) is 10.9. The minimum absolute atomic E-state index is 0.0436. The summed E-state index contributed by atoms with van der Waals surface area (Å²) in [4.78, 5) is 11.6. The summed E-state index contributed by atoms with van der Waals surface area (Å²) in [5.74, 6) is 0.947. The smallest absolute Gasteiger partial charge is 0.150 e. The van der Waals surface area contributed by atoms with Gasteiger partial charge in [-0.1, -0.05) is 83.4 Å². The molecule has 0 saturated carbocycles. The van der Waals surface area contributed by atoms with E-state index in [0.29, 0.717) is 15.2 Å². The summed E-state index contributed by atoms with van der Waals surface area (Å²) >= 11 is 0. The van der Waals surface area contributed by atoms with Gasteiger partial charge in [0.05, 0.1) is 0 Å². The second kappa shape index (κ2) is 8.93. The maximum Gasteiger partial charge on any atom is 0.150 e. The lowest BCUT2D eigenvalue weighted by molar-refractivity contribution is 0.112. The van der Waals surface area contributed by atoms with Crippen molar-refractivity contribution in [2.75, 3.05) is 0 Å². The lowest BCUT2D eigenvalue weighted by Crippen LogP contribution is -2.20. The monoisotopic (exact) mass is 404 g/mol. The van der Waals surface area contributed by atoms with Gasteiger partial charge in [-0.15, -0.1) is 0 Å². The van der Waals surface area contributed by atoms with E-state index in [1.54, 1.807) is 0 Å². The van der Waals surface area contributed by atoms with Gasteiger partial charge in [0.15, 0.2) is 6.29 Å². The third-order valence-corrected chi connectivity index (χ3v) is 6.24. The van der Waals surface area contributed by atoms with Gasteiger partial charge in [0.2, 0.25) is 0 Å². The zero-order valence-corrected chi connectivity index (χ0v) is 18.9. The molecule has 0 amide bonds. The highest BCUT2D eigenvalue weighted by Crippen LogP contribution is 2.35. The number of rotatable bonds is 6. The van der Waals surface area contributed by atoms with Gasteiger partial charge in [-0.3, -0.25) is 4.79 Å². The van der Waals surface area contributed by atoms with E-state index in [9.17, 15) is 4.79 Å². The fraction of sp³-hybridized carbons (Fsp3) is 0.269. The zero-order valence-electron chi connectivity index (χ0n) is 17.9. The number of ether oxygens (including phenoxy) is 1. The lowest BCUT2D eigenvalue weighted by Gasteiger charge is -2.26. The average Bonchev–Trinajstić information content (AvgIpc) is 2.68. The molecule has 2 nitrogen and oxygen atoms in total. The van der Waals surface area contributed by atoms with Crippen molar-refractivity contribution in [2.45, 2.75) is 46.6 Å². The average molecular weight is 404 g/mol. The molecule has 0 aliphatic heterocycles. The Morgan fingerprint density at radius 1 is 0.897 bits per heavy atom. The van der Waals surface area contributed by atoms with Crippen LogP contribution in [0.3, 0.4) is 0 Å². The number of carbonyl (C=O) groups excluding carboxylic acids is 1. The number of hydrogen-bond acceptors (Lipinski definition) is 2. The number of aldehydes is 1. The SMILES string of the molecule is Cc1ccc(Pc2cc(C)cc(C(C)(C)C)c2OCc2ccccc2)c(C=O)c1. The summed E-state index contributed by atoms with van der Waals surface area (Å²) in [7, 11) is 0.361. The molecule has 0 heterocycles. The van der Waals surface area contributed by atoms with Gasteiger partial charge < -0.3 is 4.74 Å². The highest BCUT2D eigenvalue weighted by atomic mass is 31.1. The van der Waals surface area contributed by atoms with E-state index in [4.69, 9.17) is 4.74 Å². The molecule has 0 aromatic heterocycles. The van der Waals surface area contributed by atoms with Crippen molar-refractivity contribution in [1.82, 2.24) is 0 Å². The van der Waals surface area contributed by atoms with Crippen molar-refractivity contribution in [2.24, 2.45) is 0 Å². The lowest BCUT2D eigenvalue weighted by atomic mass is 9.85. The second-order valence-corrected chi connectivity index (χ2v) is 9.87. The summed E-state index contributed by atoms with van der Waals surface area (Å²) in [6, 6.07) is 20.8. The van der Waals surface area contributed by atoms with Gasteiger partial charge in [-0.25, -0.2) is 0 Å². The van der Waals surface area contributed by atoms with Crippen molar-refractivity contribution in [3.05, 3.63) is 88.5 Å². The second-order valence-electron chi connectivity index (χ2n) is 8.55. The Kier molecular flexibility index (Phi) is 6.55. The number of aryl methyl sites for hydroxylation is 2. The first-order chi connectivity index (χ1) is 13.8. The van der Waals surface area contributed by atoms with Gasteiger partial charge in [-0.05, 0) is 47.8 Å². The molecule has 3 heteroatoms. The van der Waals surface area contributed by atoms with Crippen LogP contribution in [-0.2, 0) is 12.0 Å². The van der Waals surface area contributed by atoms with Crippen LogP contribution in [-0.4, -0.2) is 6.29 Å². The van der Waals surface area contributed by atoms with E-state index in [0.717, 1.165) is 39.3 Å². The Morgan fingerprint density at radius 3 is 2.28 bits per heavy atom. The molecule has 3 aromatic rings. The maximum atomic E-state index is 11.6. The van der Waals surface area contributed by atoms with E-state index in [2.05, 4.69) is 64.1 Å². The predicted octanol–water partition coefficient (Wildman–Crippen LogP) is 5.62. The molecule has 0 aliphatic rings. The topological polar surface area (TPSA) is 26.3 Å². The summed E-state index contributed by atoms with van der Waals surface area (Å²) in [5, 5.41) is 2.21. The van der Waals surface area contributed by atoms with Crippen molar-refractivity contribution in [1.29, 1.82) is 0 Å². The van der Waals surface area contributed by atoms with E-state index >= 15 is 0 Å². The van der Waals surface area contributed by atoms with Gasteiger partial charge in [0, 0.05) is 16.4 Å². The Labute approximate surface area is 176 Å². The van der Waals surface area contributed by atoms with Crippen molar-refractivity contribution in [3.63, 3.8) is 0 Å². The van der Waals surface area contributed by atoms with Crippen molar-refractivity contribution < 1.29 is 9.53 Å². The third-order valence-electron chi connectivity index (χ3n) is 4.87. The highest BCUT2D eigenvalue weighted by molar-refractivity contribution is 7.56. The minimum Gasteiger partial charge on any atom is -0.488 e. The summed E-state index contributed by atoms with van der Waals surface area (Å²) in [5.41, 5.74) is 5.38. The third kappa shape index (κ3) is 5.34. The summed E-state index contributed by atoms with van der Waals surface area (Å²) in [6.45, 7) is 11.3. The number of carbonyl (C=O) groups is 1. The number of hydrogen-bond donors (Lipinski definition) is 0. The van der Waals surface area contributed by atoms with Crippen LogP contribution in [0.4, 0.5) is 0 Å². The first-order valence-electron chi connectivity index (χ1n) is 9.92. The van der Waals surface area contributed by atoms with Crippen LogP contribution in [0.1, 0.15) is 53.4 Å². The van der Waals surface area contributed by atoms with Gasteiger partial charge in [0.1, 0.15) is 12.4 Å².